The van der Waals surface area contributed by atoms with E-state index in [0.29, 0.717) is 18.6 Å². The van der Waals surface area contributed by atoms with Gasteiger partial charge in [-0.25, -0.2) is 13.6 Å². The predicted octanol–water partition coefficient (Wildman–Crippen LogP) is 2.62. The van der Waals surface area contributed by atoms with Crippen LogP contribution < -0.4 is 4.74 Å². The summed E-state index contributed by atoms with van der Waals surface area (Å²) in [4.78, 5) is 10.5. The van der Waals surface area contributed by atoms with Crippen LogP contribution in [0, 0.1) is 11.6 Å². The van der Waals surface area contributed by atoms with Crippen LogP contribution in [0.15, 0.2) is 24.8 Å². The Morgan fingerprint density at radius 2 is 2.00 bits per heavy atom. The number of carboxylic acids is 1. The number of halogens is 2. The maximum Gasteiger partial charge on any atom is 0.335 e. The normalized spacial score (nSPS) is 9.88. The lowest BCUT2D eigenvalue weighted by molar-refractivity contribution is 0.0695. The molecule has 0 aromatic heterocycles. The Labute approximate surface area is 91.0 Å². The van der Waals surface area contributed by atoms with Gasteiger partial charge in [-0.05, 0) is 18.6 Å². The van der Waals surface area contributed by atoms with Crippen molar-refractivity contribution in [2.24, 2.45) is 0 Å². The molecule has 3 nitrogen and oxygen atoms in total. The first kappa shape index (κ1) is 12.2. The van der Waals surface area contributed by atoms with Crippen molar-refractivity contribution < 1.29 is 23.4 Å². The van der Waals surface area contributed by atoms with Crippen molar-refractivity contribution in [3.8, 4) is 5.75 Å². The Hall–Kier alpha value is -1.91. The molecule has 0 aliphatic rings. The molecule has 0 spiro atoms. The minimum absolute atomic E-state index is 0.0871. The molecule has 16 heavy (non-hydrogen) atoms. The summed E-state index contributed by atoms with van der Waals surface area (Å²) in [6.07, 6.45) is 1.99. The van der Waals surface area contributed by atoms with Crippen molar-refractivity contribution in [2.75, 3.05) is 6.61 Å². The third-order valence-electron chi connectivity index (χ3n) is 1.81. The van der Waals surface area contributed by atoms with Gasteiger partial charge >= 0.3 is 5.97 Å². The number of carboxylic acid groups (broad SMARTS) is 1. The van der Waals surface area contributed by atoms with E-state index in [9.17, 15) is 13.6 Å². The van der Waals surface area contributed by atoms with Crippen molar-refractivity contribution >= 4 is 5.97 Å². The van der Waals surface area contributed by atoms with Crippen LogP contribution >= 0.6 is 0 Å². The van der Waals surface area contributed by atoms with Gasteiger partial charge in [0.2, 0.25) is 0 Å². The molecule has 1 aromatic rings. The summed E-state index contributed by atoms with van der Waals surface area (Å²) in [6.45, 7) is 3.52. The fraction of sp³-hybridized carbons (Fsp3) is 0.182. The number of benzene rings is 1. The van der Waals surface area contributed by atoms with E-state index < -0.39 is 28.9 Å². The number of carbonyl (C=O) groups is 1. The van der Waals surface area contributed by atoms with Crippen molar-refractivity contribution in [1.82, 2.24) is 0 Å². The number of hydrogen-bond acceptors (Lipinski definition) is 2. The van der Waals surface area contributed by atoms with Crippen LogP contribution in [-0.4, -0.2) is 17.7 Å². The lowest BCUT2D eigenvalue weighted by Gasteiger charge is -2.07. The van der Waals surface area contributed by atoms with E-state index in [4.69, 9.17) is 9.84 Å². The molecule has 0 saturated heterocycles. The summed E-state index contributed by atoms with van der Waals surface area (Å²) in [5.74, 6) is -4.01. The summed E-state index contributed by atoms with van der Waals surface area (Å²) >= 11 is 0. The van der Waals surface area contributed by atoms with Crippen LogP contribution in [0.5, 0.6) is 5.75 Å². The van der Waals surface area contributed by atoms with Crippen LogP contribution in [0.3, 0.4) is 0 Å². The lowest BCUT2D eigenvalue weighted by atomic mass is 10.2. The summed E-state index contributed by atoms with van der Waals surface area (Å²) in [5, 5.41) is 8.55. The molecule has 0 bridgehead atoms. The van der Waals surface area contributed by atoms with Crippen molar-refractivity contribution in [3.05, 3.63) is 42.0 Å². The van der Waals surface area contributed by atoms with Crippen LogP contribution in [0.2, 0.25) is 0 Å². The zero-order valence-electron chi connectivity index (χ0n) is 8.37. The van der Waals surface area contributed by atoms with Crippen LogP contribution in [0.4, 0.5) is 8.78 Å². The van der Waals surface area contributed by atoms with E-state index in [1.54, 1.807) is 6.08 Å². The quantitative estimate of drug-likeness (QED) is 0.622. The summed E-state index contributed by atoms with van der Waals surface area (Å²) < 4.78 is 31.3. The molecule has 0 amide bonds. The molecule has 0 aliphatic heterocycles. The van der Waals surface area contributed by atoms with E-state index in [-0.39, 0.29) is 6.61 Å². The van der Waals surface area contributed by atoms with Crippen molar-refractivity contribution in [1.29, 1.82) is 0 Å². The largest absolute Gasteiger partial charge is 0.487 e. The van der Waals surface area contributed by atoms with E-state index in [0.717, 1.165) is 0 Å². The Kier molecular flexibility index (Phi) is 3.99. The molecule has 5 heteroatoms. The number of aromatic carboxylic acids is 1. The number of ether oxygens (including phenoxy) is 1. The first-order valence-electron chi connectivity index (χ1n) is 4.52. The van der Waals surface area contributed by atoms with Gasteiger partial charge in [0.15, 0.2) is 17.4 Å². The molecule has 0 atom stereocenters. The molecule has 0 fully saturated rings. The maximum absolute atomic E-state index is 13.2. The average molecular weight is 228 g/mol. The maximum atomic E-state index is 13.2. The topological polar surface area (TPSA) is 46.5 Å². The zero-order valence-corrected chi connectivity index (χ0v) is 8.37. The monoisotopic (exact) mass is 228 g/mol. The Morgan fingerprint density at radius 3 is 2.44 bits per heavy atom. The fourth-order valence-electron chi connectivity index (χ4n) is 1.07. The third kappa shape index (κ3) is 2.79. The molecule has 0 radical (unpaired) electrons. The minimum atomic E-state index is -1.39. The second kappa shape index (κ2) is 5.25. The van der Waals surface area contributed by atoms with Crippen LogP contribution in [-0.2, 0) is 0 Å². The van der Waals surface area contributed by atoms with Crippen LogP contribution in [0.1, 0.15) is 16.8 Å². The molecule has 0 heterocycles. The van der Waals surface area contributed by atoms with Gasteiger partial charge in [0.1, 0.15) is 0 Å². The minimum Gasteiger partial charge on any atom is -0.487 e. The van der Waals surface area contributed by atoms with Gasteiger partial charge in [-0.3, -0.25) is 0 Å². The van der Waals surface area contributed by atoms with Crippen molar-refractivity contribution in [3.63, 3.8) is 0 Å². The van der Waals surface area contributed by atoms with Gasteiger partial charge in [0, 0.05) is 0 Å². The molecule has 1 aromatic carbocycles. The lowest BCUT2D eigenvalue weighted by Crippen LogP contribution is -2.04. The average Bonchev–Trinajstić information content (AvgIpc) is 2.21. The fourth-order valence-corrected chi connectivity index (χ4v) is 1.07. The number of rotatable bonds is 5. The second-order valence-electron chi connectivity index (χ2n) is 3.00. The smallest absolute Gasteiger partial charge is 0.335 e. The van der Waals surface area contributed by atoms with E-state index in [2.05, 4.69) is 6.58 Å². The highest BCUT2D eigenvalue weighted by atomic mass is 19.1. The molecule has 0 aliphatic carbocycles. The van der Waals surface area contributed by atoms with E-state index in [1.165, 1.54) is 0 Å². The first-order chi connectivity index (χ1) is 7.56. The van der Waals surface area contributed by atoms with Gasteiger partial charge in [0.05, 0.1) is 12.2 Å². The molecule has 86 valence electrons. The Balaban J connectivity index is 2.93. The second-order valence-corrected chi connectivity index (χ2v) is 3.00. The SMILES string of the molecule is C=CCCOc1c(F)cc(C(=O)O)cc1F. The highest BCUT2D eigenvalue weighted by Crippen LogP contribution is 2.23. The highest BCUT2D eigenvalue weighted by molar-refractivity contribution is 5.87. The predicted molar refractivity (Wildman–Crippen MR) is 53.6 cm³/mol. The standard InChI is InChI=1S/C11H10F2O3/c1-2-3-4-16-10-8(12)5-7(11(14)15)6-9(10)13/h2,5-6H,1,3-4H2,(H,14,15). The summed E-state index contributed by atoms with van der Waals surface area (Å²) in [5.41, 5.74) is -0.453. The zero-order chi connectivity index (χ0) is 12.1. The van der Waals surface area contributed by atoms with Gasteiger partial charge in [-0.2, -0.15) is 0 Å². The summed E-state index contributed by atoms with van der Waals surface area (Å²) in [7, 11) is 0. The molecule has 0 saturated carbocycles. The molecule has 0 unspecified atom stereocenters. The molecule has 1 N–H and O–H groups in total. The molecular formula is C11H10F2O3. The van der Waals surface area contributed by atoms with E-state index in [1.807, 2.05) is 0 Å². The van der Waals surface area contributed by atoms with Gasteiger partial charge in [-0.1, -0.05) is 6.08 Å². The Morgan fingerprint density at radius 1 is 1.44 bits per heavy atom. The Bertz CT molecular complexity index is 393. The molecular weight excluding hydrogens is 218 g/mol. The highest BCUT2D eigenvalue weighted by Gasteiger charge is 2.15. The first-order valence-corrected chi connectivity index (χ1v) is 4.52. The number of hydrogen-bond donors (Lipinski definition) is 1. The third-order valence-corrected chi connectivity index (χ3v) is 1.81. The summed E-state index contributed by atoms with van der Waals surface area (Å²) in [6, 6.07) is 1.43. The van der Waals surface area contributed by atoms with Gasteiger partial charge in [0.25, 0.3) is 0 Å². The van der Waals surface area contributed by atoms with Crippen LogP contribution in [0.25, 0.3) is 0 Å². The van der Waals surface area contributed by atoms with Crippen molar-refractivity contribution in [2.45, 2.75) is 6.42 Å². The van der Waals surface area contributed by atoms with Gasteiger partial charge in [-0.15, -0.1) is 6.58 Å². The molecule has 1 rings (SSSR count). The van der Waals surface area contributed by atoms with E-state index >= 15 is 0 Å². The van der Waals surface area contributed by atoms with Gasteiger partial charge < -0.3 is 9.84 Å².